The number of hydrogen-bond donors (Lipinski definition) is 1. The number of hydrogen-bond acceptors (Lipinski definition) is 6. The second-order valence-electron chi connectivity index (χ2n) is 7.60. The molecule has 0 unspecified atom stereocenters. The van der Waals surface area contributed by atoms with Gasteiger partial charge in [0.15, 0.2) is 0 Å². The Bertz CT molecular complexity index is 956. The third kappa shape index (κ3) is 3.56. The van der Waals surface area contributed by atoms with Crippen LogP contribution in [0.2, 0.25) is 0 Å². The van der Waals surface area contributed by atoms with Crippen molar-refractivity contribution < 1.29 is 27.5 Å². The molecule has 2 aliphatic rings. The zero-order valence-corrected chi connectivity index (χ0v) is 17.0. The number of carbonyl (C=O) groups is 3. The van der Waals surface area contributed by atoms with Crippen LogP contribution in [0.15, 0.2) is 18.2 Å². The van der Waals surface area contributed by atoms with Gasteiger partial charge in [-0.05, 0) is 51.0 Å². The van der Waals surface area contributed by atoms with E-state index < -0.39 is 27.6 Å². The molecule has 10 heteroatoms. The fourth-order valence-electron chi connectivity index (χ4n) is 3.57. The Hall–Kier alpha value is -2.62. The number of anilines is 1. The van der Waals surface area contributed by atoms with E-state index in [9.17, 15) is 22.8 Å². The maximum atomic E-state index is 12.3. The van der Waals surface area contributed by atoms with Crippen LogP contribution in [0.4, 0.5) is 10.5 Å². The quantitative estimate of drug-likeness (QED) is 0.571. The molecule has 0 spiro atoms. The maximum absolute atomic E-state index is 12.3. The van der Waals surface area contributed by atoms with Crippen molar-refractivity contribution in [1.29, 1.82) is 0 Å². The van der Waals surface area contributed by atoms with E-state index in [4.69, 9.17) is 4.74 Å². The molecule has 0 saturated carbocycles. The van der Waals surface area contributed by atoms with Crippen molar-refractivity contribution in [3.8, 4) is 0 Å². The number of rotatable bonds is 5. The number of nitrogens with one attached hydrogen (secondary N) is 1. The van der Waals surface area contributed by atoms with E-state index in [1.165, 1.54) is 10.4 Å². The number of sulfonamides is 1. The van der Waals surface area contributed by atoms with Gasteiger partial charge in [-0.15, -0.1) is 0 Å². The lowest BCUT2D eigenvalue weighted by Crippen LogP contribution is -2.40. The predicted octanol–water partition coefficient (Wildman–Crippen LogP) is 0.884. The Labute approximate surface area is 163 Å². The topological polar surface area (TPSA) is 113 Å². The maximum Gasteiger partial charge on any atom is 0.338 e. The van der Waals surface area contributed by atoms with Gasteiger partial charge in [0.05, 0.1) is 24.1 Å². The lowest BCUT2D eigenvalue weighted by Gasteiger charge is -2.21. The highest BCUT2D eigenvalue weighted by Gasteiger charge is 2.44. The molecule has 2 aliphatic heterocycles. The summed E-state index contributed by atoms with van der Waals surface area (Å²) in [5.41, 5.74) is 0.638. The Morgan fingerprint density at radius 2 is 2.00 bits per heavy atom. The standard InChI is InChI=1S/C18H23N3O6S/c1-11-9-13-10-12(5-6-14(13)21(11)28(4,25)26)15(22)27-8-7-20-16(23)18(2,3)19-17(20)24/h5-6,10-11H,7-9H2,1-4H3,(H,19,24)/t11-/m0/s1. The van der Waals surface area contributed by atoms with Gasteiger partial charge in [-0.1, -0.05) is 0 Å². The molecule has 1 saturated heterocycles. The molecule has 2 heterocycles. The number of ether oxygens (including phenoxy) is 1. The molecule has 0 aromatic heterocycles. The van der Waals surface area contributed by atoms with E-state index in [2.05, 4.69) is 5.32 Å². The van der Waals surface area contributed by atoms with E-state index in [0.717, 1.165) is 16.7 Å². The number of benzene rings is 1. The van der Waals surface area contributed by atoms with Crippen LogP contribution < -0.4 is 9.62 Å². The third-order valence-electron chi connectivity index (χ3n) is 4.82. The largest absolute Gasteiger partial charge is 0.460 e. The molecular weight excluding hydrogens is 386 g/mol. The van der Waals surface area contributed by atoms with Gasteiger partial charge in [0.25, 0.3) is 5.91 Å². The van der Waals surface area contributed by atoms with Crippen LogP contribution in [0, 0.1) is 0 Å². The van der Waals surface area contributed by atoms with Crippen molar-refractivity contribution in [2.75, 3.05) is 23.7 Å². The van der Waals surface area contributed by atoms with E-state index in [1.807, 2.05) is 0 Å². The van der Waals surface area contributed by atoms with E-state index in [0.29, 0.717) is 17.7 Å². The highest BCUT2D eigenvalue weighted by molar-refractivity contribution is 7.92. The van der Waals surface area contributed by atoms with Crippen LogP contribution in [0.1, 0.15) is 36.7 Å². The van der Waals surface area contributed by atoms with Crippen molar-refractivity contribution >= 4 is 33.6 Å². The zero-order valence-electron chi connectivity index (χ0n) is 16.2. The molecule has 0 bridgehead atoms. The second kappa shape index (κ2) is 6.77. The van der Waals surface area contributed by atoms with Crippen LogP contribution in [-0.2, 0) is 26.0 Å². The highest BCUT2D eigenvalue weighted by Crippen LogP contribution is 2.34. The molecule has 1 N–H and O–H groups in total. The molecular formula is C18H23N3O6S. The minimum absolute atomic E-state index is 0.0380. The minimum Gasteiger partial charge on any atom is -0.460 e. The summed E-state index contributed by atoms with van der Waals surface area (Å²) in [6, 6.07) is 3.98. The number of esters is 1. The monoisotopic (exact) mass is 409 g/mol. The van der Waals surface area contributed by atoms with Gasteiger partial charge in [-0.25, -0.2) is 18.0 Å². The normalized spacial score (nSPS) is 20.9. The number of fused-ring (bicyclic) bond motifs is 1. The van der Waals surface area contributed by atoms with E-state index in [1.54, 1.807) is 32.9 Å². The predicted molar refractivity (Wildman–Crippen MR) is 102 cm³/mol. The molecule has 3 amide bonds. The minimum atomic E-state index is -3.40. The summed E-state index contributed by atoms with van der Waals surface area (Å²) in [4.78, 5) is 37.2. The third-order valence-corrected chi connectivity index (χ3v) is 6.09. The van der Waals surface area contributed by atoms with E-state index >= 15 is 0 Å². The number of nitrogens with zero attached hydrogens (tertiary/aromatic N) is 2. The Kier molecular flexibility index (Phi) is 4.86. The van der Waals surface area contributed by atoms with Crippen molar-refractivity contribution in [3.05, 3.63) is 29.3 Å². The van der Waals surface area contributed by atoms with Gasteiger partial charge in [0, 0.05) is 6.04 Å². The van der Waals surface area contributed by atoms with Gasteiger partial charge in [0.1, 0.15) is 12.1 Å². The summed E-state index contributed by atoms with van der Waals surface area (Å²) in [5.74, 6) is -0.972. The van der Waals surface area contributed by atoms with Gasteiger partial charge in [0.2, 0.25) is 10.0 Å². The Morgan fingerprint density at radius 1 is 1.32 bits per heavy atom. The van der Waals surface area contributed by atoms with E-state index in [-0.39, 0.29) is 25.1 Å². The summed E-state index contributed by atoms with van der Waals surface area (Å²) in [7, 11) is -3.40. The number of amides is 3. The van der Waals surface area contributed by atoms with Crippen molar-refractivity contribution in [2.24, 2.45) is 0 Å². The number of carbonyl (C=O) groups excluding carboxylic acids is 3. The summed E-state index contributed by atoms with van der Waals surface area (Å²) >= 11 is 0. The van der Waals surface area contributed by atoms with Gasteiger partial charge in [-0.3, -0.25) is 14.0 Å². The fourth-order valence-corrected chi connectivity index (χ4v) is 4.83. The van der Waals surface area contributed by atoms with Crippen molar-refractivity contribution in [1.82, 2.24) is 10.2 Å². The van der Waals surface area contributed by atoms with Gasteiger partial charge < -0.3 is 10.1 Å². The number of imide groups is 1. The average molecular weight is 409 g/mol. The molecule has 9 nitrogen and oxygen atoms in total. The van der Waals surface area contributed by atoms with Crippen LogP contribution in [0.5, 0.6) is 0 Å². The first-order chi connectivity index (χ1) is 12.9. The number of urea groups is 1. The molecule has 3 rings (SSSR count). The first-order valence-corrected chi connectivity index (χ1v) is 10.7. The molecule has 0 radical (unpaired) electrons. The lowest BCUT2D eigenvalue weighted by atomic mass is 10.1. The van der Waals surface area contributed by atoms with Crippen LogP contribution >= 0.6 is 0 Å². The summed E-state index contributed by atoms with van der Waals surface area (Å²) in [6.45, 7) is 4.84. The summed E-state index contributed by atoms with van der Waals surface area (Å²) in [6.07, 6.45) is 1.65. The molecule has 28 heavy (non-hydrogen) atoms. The summed E-state index contributed by atoms with van der Waals surface area (Å²) < 4.78 is 30.5. The first kappa shape index (κ1) is 20.1. The second-order valence-corrected chi connectivity index (χ2v) is 9.46. The zero-order chi connectivity index (χ0) is 20.9. The van der Waals surface area contributed by atoms with Crippen molar-refractivity contribution in [2.45, 2.75) is 38.8 Å². The highest BCUT2D eigenvalue weighted by atomic mass is 32.2. The first-order valence-electron chi connectivity index (χ1n) is 8.85. The van der Waals surface area contributed by atoms with Crippen LogP contribution in [0.25, 0.3) is 0 Å². The lowest BCUT2D eigenvalue weighted by molar-refractivity contribution is -0.130. The summed E-state index contributed by atoms with van der Waals surface area (Å²) in [5, 5.41) is 2.55. The Balaban J connectivity index is 1.65. The fraction of sp³-hybridized carbons (Fsp3) is 0.500. The van der Waals surface area contributed by atoms with Crippen molar-refractivity contribution in [3.63, 3.8) is 0 Å². The molecule has 1 atom stereocenters. The average Bonchev–Trinajstić information content (AvgIpc) is 3.00. The SMILES string of the molecule is C[C@H]1Cc2cc(C(=O)OCCN3C(=O)NC(C)(C)C3=O)ccc2N1S(C)(=O)=O. The smallest absolute Gasteiger partial charge is 0.338 e. The van der Waals surface area contributed by atoms with Crippen LogP contribution in [0.3, 0.4) is 0 Å². The molecule has 1 fully saturated rings. The van der Waals surface area contributed by atoms with Gasteiger partial charge >= 0.3 is 12.0 Å². The van der Waals surface area contributed by atoms with Gasteiger partial charge in [-0.2, -0.15) is 0 Å². The van der Waals surface area contributed by atoms with Crippen LogP contribution in [-0.4, -0.2) is 62.2 Å². The molecule has 1 aromatic carbocycles. The molecule has 0 aliphatic carbocycles. The Morgan fingerprint density at radius 3 is 2.57 bits per heavy atom. The molecule has 152 valence electrons. The molecule has 1 aromatic rings.